The molecule has 5 heteroatoms. The van der Waals surface area contributed by atoms with Crippen LogP contribution in [-0.4, -0.2) is 16.5 Å². The van der Waals surface area contributed by atoms with Gasteiger partial charge in [-0.2, -0.15) is 0 Å². The second kappa shape index (κ2) is 6.16. The van der Waals surface area contributed by atoms with E-state index in [9.17, 15) is 0 Å². The Hall–Kier alpha value is -2.04. The largest absolute Gasteiger partial charge is 0.467 e. The summed E-state index contributed by atoms with van der Waals surface area (Å²) in [6, 6.07) is 5.82. The van der Waals surface area contributed by atoms with Crippen molar-refractivity contribution < 1.29 is 4.42 Å². The van der Waals surface area contributed by atoms with Crippen LogP contribution in [-0.2, 0) is 5.41 Å². The van der Waals surface area contributed by atoms with Crippen LogP contribution in [0.3, 0.4) is 0 Å². The van der Waals surface area contributed by atoms with Gasteiger partial charge < -0.3 is 15.1 Å². The fraction of sp³-hybridized carbons (Fsp3) is 0.500. The highest BCUT2D eigenvalue weighted by Crippen LogP contribution is 2.24. The Morgan fingerprint density at radius 1 is 1.24 bits per heavy atom. The maximum absolute atomic E-state index is 5.42. The molecule has 0 spiro atoms. The van der Waals surface area contributed by atoms with E-state index >= 15 is 0 Å². The summed E-state index contributed by atoms with van der Waals surface area (Å²) >= 11 is 0. The molecule has 0 aliphatic heterocycles. The third-order valence-electron chi connectivity index (χ3n) is 3.09. The molecule has 0 fully saturated rings. The van der Waals surface area contributed by atoms with Crippen molar-refractivity contribution in [1.29, 1.82) is 0 Å². The van der Waals surface area contributed by atoms with E-state index in [4.69, 9.17) is 4.42 Å². The van der Waals surface area contributed by atoms with Gasteiger partial charge in [-0.05, 0) is 26.0 Å². The van der Waals surface area contributed by atoms with Gasteiger partial charge in [-0.1, -0.05) is 20.8 Å². The minimum absolute atomic E-state index is 0.0530. The molecule has 0 radical (unpaired) electrons. The predicted octanol–water partition coefficient (Wildman–Crippen LogP) is 3.97. The van der Waals surface area contributed by atoms with E-state index < -0.39 is 0 Å². The zero-order chi connectivity index (χ0) is 15.5. The van der Waals surface area contributed by atoms with Crippen LogP contribution in [0.15, 0.2) is 28.9 Å². The minimum atomic E-state index is -0.101. The van der Waals surface area contributed by atoms with Crippen LogP contribution in [0.1, 0.15) is 52.2 Å². The average molecular weight is 288 g/mol. The minimum Gasteiger partial charge on any atom is -0.467 e. The van der Waals surface area contributed by atoms with Crippen molar-refractivity contribution >= 4 is 11.6 Å². The predicted molar refractivity (Wildman–Crippen MR) is 85.6 cm³/mol. The molecule has 2 N–H and O–H groups in total. The van der Waals surface area contributed by atoms with Crippen molar-refractivity contribution in [2.24, 2.45) is 0 Å². The number of rotatable bonds is 5. The van der Waals surface area contributed by atoms with Gasteiger partial charge in [0.1, 0.15) is 23.2 Å². The van der Waals surface area contributed by atoms with E-state index in [0.717, 1.165) is 29.8 Å². The van der Waals surface area contributed by atoms with E-state index in [2.05, 4.69) is 48.3 Å². The summed E-state index contributed by atoms with van der Waals surface area (Å²) in [5.74, 6) is 3.34. The van der Waals surface area contributed by atoms with Gasteiger partial charge in [0, 0.05) is 18.0 Å². The molecule has 0 saturated carbocycles. The highest BCUT2D eigenvalue weighted by Gasteiger charge is 2.20. The Morgan fingerprint density at radius 3 is 2.52 bits per heavy atom. The van der Waals surface area contributed by atoms with Gasteiger partial charge in [0.2, 0.25) is 0 Å². The molecule has 0 amide bonds. The zero-order valence-corrected chi connectivity index (χ0v) is 13.4. The van der Waals surface area contributed by atoms with E-state index in [0.29, 0.717) is 0 Å². The van der Waals surface area contributed by atoms with Crippen molar-refractivity contribution in [2.45, 2.75) is 46.1 Å². The van der Waals surface area contributed by atoms with Crippen LogP contribution in [0.2, 0.25) is 0 Å². The number of hydrogen-bond donors (Lipinski definition) is 2. The topological polar surface area (TPSA) is 63.0 Å². The van der Waals surface area contributed by atoms with Gasteiger partial charge in [0.05, 0.1) is 12.3 Å². The molecule has 1 unspecified atom stereocenters. The van der Waals surface area contributed by atoms with Crippen LogP contribution in [0.25, 0.3) is 0 Å². The van der Waals surface area contributed by atoms with E-state index in [-0.39, 0.29) is 11.5 Å². The number of aromatic nitrogens is 2. The fourth-order valence-corrected chi connectivity index (χ4v) is 1.96. The van der Waals surface area contributed by atoms with Gasteiger partial charge in [-0.25, -0.2) is 9.97 Å². The van der Waals surface area contributed by atoms with Crippen molar-refractivity contribution in [3.05, 3.63) is 36.0 Å². The van der Waals surface area contributed by atoms with Crippen LogP contribution >= 0.6 is 0 Å². The van der Waals surface area contributed by atoms with Gasteiger partial charge >= 0.3 is 0 Å². The van der Waals surface area contributed by atoms with Crippen LogP contribution in [0.5, 0.6) is 0 Å². The molecule has 0 aliphatic rings. The Balaban J connectivity index is 2.27. The lowest BCUT2D eigenvalue weighted by molar-refractivity contribution is 0.489. The molecule has 2 heterocycles. The first-order chi connectivity index (χ1) is 9.90. The monoisotopic (exact) mass is 288 g/mol. The molecule has 5 nitrogen and oxygen atoms in total. The summed E-state index contributed by atoms with van der Waals surface area (Å²) in [4.78, 5) is 9.21. The normalized spacial score (nSPS) is 13.0. The summed E-state index contributed by atoms with van der Waals surface area (Å²) in [6.07, 6.45) is 1.68. The number of hydrogen-bond acceptors (Lipinski definition) is 5. The maximum Gasteiger partial charge on any atom is 0.138 e. The van der Waals surface area contributed by atoms with Crippen molar-refractivity contribution in [2.75, 3.05) is 17.2 Å². The summed E-state index contributed by atoms with van der Waals surface area (Å²) in [5.41, 5.74) is -0.101. The second-order valence-corrected chi connectivity index (χ2v) is 6.12. The SMILES string of the molecule is CCNc1cc(NC(C)c2ccco2)nc(C(C)(C)C)n1. The van der Waals surface area contributed by atoms with Gasteiger partial charge in [0.15, 0.2) is 0 Å². The fourth-order valence-electron chi connectivity index (χ4n) is 1.96. The molecule has 2 aromatic heterocycles. The van der Waals surface area contributed by atoms with Crippen molar-refractivity contribution in [3.8, 4) is 0 Å². The maximum atomic E-state index is 5.42. The summed E-state index contributed by atoms with van der Waals surface area (Å²) in [6.45, 7) is 11.3. The molecule has 0 saturated heterocycles. The van der Waals surface area contributed by atoms with E-state index in [1.165, 1.54) is 0 Å². The van der Waals surface area contributed by atoms with Gasteiger partial charge in [-0.3, -0.25) is 0 Å². The quantitative estimate of drug-likeness (QED) is 0.871. The van der Waals surface area contributed by atoms with Gasteiger partial charge in [0.25, 0.3) is 0 Å². The Morgan fingerprint density at radius 2 is 1.95 bits per heavy atom. The van der Waals surface area contributed by atoms with Crippen molar-refractivity contribution in [3.63, 3.8) is 0 Å². The second-order valence-electron chi connectivity index (χ2n) is 6.12. The smallest absolute Gasteiger partial charge is 0.138 e. The van der Waals surface area contributed by atoms with Gasteiger partial charge in [-0.15, -0.1) is 0 Å². The van der Waals surface area contributed by atoms with E-state index in [1.807, 2.05) is 25.1 Å². The molecule has 0 bridgehead atoms. The molecule has 2 rings (SSSR count). The highest BCUT2D eigenvalue weighted by atomic mass is 16.3. The average Bonchev–Trinajstić information content (AvgIpc) is 2.91. The summed E-state index contributed by atoms with van der Waals surface area (Å²) in [7, 11) is 0. The molecule has 2 aromatic rings. The zero-order valence-electron chi connectivity index (χ0n) is 13.4. The van der Waals surface area contributed by atoms with Crippen LogP contribution in [0.4, 0.5) is 11.6 Å². The number of nitrogens with one attached hydrogen (secondary N) is 2. The number of nitrogens with zero attached hydrogens (tertiary/aromatic N) is 2. The molecular weight excluding hydrogens is 264 g/mol. The number of anilines is 2. The third-order valence-corrected chi connectivity index (χ3v) is 3.09. The molecular formula is C16H24N4O. The first-order valence-corrected chi connectivity index (χ1v) is 7.33. The lowest BCUT2D eigenvalue weighted by atomic mass is 9.96. The lowest BCUT2D eigenvalue weighted by Crippen LogP contribution is -2.19. The Bertz CT molecular complexity index is 572. The van der Waals surface area contributed by atoms with Crippen LogP contribution in [0, 0.1) is 0 Å². The molecule has 21 heavy (non-hydrogen) atoms. The summed E-state index contributed by atoms with van der Waals surface area (Å²) in [5, 5.41) is 6.62. The molecule has 114 valence electrons. The molecule has 1 atom stereocenters. The van der Waals surface area contributed by atoms with Crippen LogP contribution < -0.4 is 10.6 Å². The van der Waals surface area contributed by atoms with Crippen molar-refractivity contribution in [1.82, 2.24) is 9.97 Å². The highest BCUT2D eigenvalue weighted by molar-refractivity contribution is 5.49. The Kier molecular flexibility index (Phi) is 4.50. The summed E-state index contributed by atoms with van der Waals surface area (Å²) < 4.78 is 5.42. The molecule has 0 aromatic carbocycles. The standard InChI is InChI=1S/C16H24N4O/c1-6-17-13-10-14(20-15(19-13)16(3,4)5)18-11(2)12-8-7-9-21-12/h7-11H,6H2,1-5H3,(H2,17,18,19,20). The lowest BCUT2D eigenvalue weighted by Gasteiger charge is -2.20. The first-order valence-electron chi connectivity index (χ1n) is 7.33. The first kappa shape index (κ1) is 15.4. The van der Waals surface area contributed by atoms with E-state index in [1.54, 1.807) is 6.26 Å². The number of furan rings is 1. The Labute approximate surface area is 126 Å². The molecule has 0 aliphatic carbocycles. The third kappa shape index (κ3) is 3.97.